The molecule has 1 amide bonds. The lowest BCUT2D eigenvalue weighted by Crippen LogP contribution is -2.19. The van der Waals surface area contributed by atoms with Crippen molar-refractivity contribution in [1.82, 2.24) is 15.6 Å². The highest BCUT2D eigenvalue weighted by Gasteiger charge is 2.11. The summed E-state index contributed by atoms with van der Waals surface area (Å²) in [5, 5.41) is 10.9. The van der Waals surface area contributed by atoms with Crippen molar-refractivity contribution in [2.45, 2.75) is 26.7 Å². The summed E-state index contributed by atoms with van der Waals surface area (Å²) in [5.74, 6) is -0.0491. The molecule has 4 N–H and O–H groups in total. The third-order valence-electron chi connectivity index (χ3n) is 3.11. The van der Waals surface area contributed by atoms with E-state index in [-0.39, 0.29) is 5.91 Å². The Morgan fingerprint density at radius 2 is 2.00 bits per heavy atom. The predicted molar refractivity (Wildman–Crippen MR) is 83.2 cm³/mol. The van der Waals surface area contributed by atoms with Crippen molar-refractivity contribution in [2.75, 3.05) is 5.73 Å². The van der Waals surface area contributed by atoms with Crippen LogP contribution in [0.15, 0.2) is 35.4 Å². The Bertz CT molecular complexity index is 655. The van der Waals surface area contributed by atoms with E-state index < -0.39 is 0 Å². The van der Waals surface area contributed by atoms with Crippen LogP contribution in [0.3, 0.4) is 0 Å². The number of hydrogen-bond donors (Lipinski definition) is 3. The molecule has 6 heteroatoms. The van der Waals surface area contributed by atoms with Crippen LogP contribution in [0.25, 0.3) is 0 Å². The molecule has 1 aromatic heterocycles. The molecule has 110 valence electrons. The summed E-state index contributed by atoms with van der Waals surface area (Å²) in [6, 6.07) is 9.02. The zero-order valence-electron chi connectivity index (χ0n) is 12.3. The zero-order chi connectivity index (χ0) is 15.4. The van der Waals surface area contributed by atoms with Gasteiger partial charge in [0.05, 0.1) is 5.71 Å². The first-order valence-electron chi connectivity index (χ1n) is 6.73. The Hall–Kier alpha value is -2.63. The number of nitrogens with zero attached hydrogens (tertiary/aromatic N) is 2. The fraction of sp³-hybridized carbons (Fsp3) is 0.267. The van der Waals surface area contributed by atoms with Crippen LogP contribution in [0.5, 0.6) is 0 Å². The molecule has 6 nitrogen and oxygen atoms in total. The summed E-state index contributed by atoms with van der Waals surface area (Å²) in [5.41, 5.74) is 11.7. The second-order valence-corrected chi connectivity index (χ2v) is 5.12. The second kappa shape index (κ2) is 6.21. The molecule has 1 heterocycles. The molecule has 2 rings (SSSR count). The highest BCUT2D eigenvalue weighted by atomic mass is 16.2. The molecule has 2 aromatic rings. The van der Waals surface area contributed by atoms with Crippen LogP contribution in [0.1, 0.15) is 48.4 Å². The minimum absolute atomic E-state index is 0.291. The van der Waals surface area contributed by atoms with Crippen LogP contribution in [0.2, 0.25) is 0 Å². The maximum atomic E-state index is 11.9. The van der Waals surface area contributed by atoms with Gasteiger partial charge in [0, 0.05) is 11.4 Å². The van der Waals surface area contributed by atoms with Crippen LogP contribution >= 0.6 is 0 Å². The number of anilines is 1. The van der Waals surface area contributed by atoms with E-state index in [0.29, 0.717) is 23.0 Å². The van der Waals surface area contributed by atoms with E-state index in [1.165, 1.54) is 0 Å². The molecule has 0 radical (unpaired) electrons. The molecule has 0 aliphatic carbocycles. The number of hydrogen-bond acceptors (Lipinski definition) is 4. The van der Waals surface area contributed by atoms with Gasteiger partial charge in [-0.2, -0.15) is 10.2 Å². The summed E-state index contributed by atoms with van der Waals surface area (Å²) in [4.78, 5) is 11.9. The maximum Gasteiger partial charge on any atom is 0.291 e. The Kier molecular flexibility index (Phi) is 4.37. The van der Waals surface area contributed by atoms with Crippen LogP contribution < -0.4 is 11.2 Å². The van der Waals surface area contributed by atoms with Crippen molar-refractivity contribution in [3.8, 4) is 0 Å². The summed E-state index contributed by atoms with van der Waals surface area (Å²) in [6.45, 7) is 5.87. The van der Waals surface area contributed by atoms with E-state index in [1.54, 1.807) is 18.2 Å². The first kappa shape index (κ1) is 14.8. The van der Waals surface area contributed by atoms with Gasteiger partial charge < -0.3 is 5.73 Å². The number of rotatable bonds is 4. The van der Waals surface area contributed by atoms with Crippen LogP contribution in [0, 0.1) is 0 Å². The lowest BCUT2D eigenvalue weighted by Gasteiger charge is -2.02. The average molecular weight is 285 g/mol. The van der Waals surface area contributed by atoms with Gasteiger partial charge in [-0.3, -0.25) is 9.89 Å². The SMILES string of the molecule is C/C(=N\NC(=O)c1cc(C(C)C)[nH]n1)c1ccc(N)cc1. The average Bonchev–Trinajstić information content (AvgIpc) is 2.95. The number of aromatic nitrogens is 2. The largest absolute Gasteiger partial charge is 0.399 e. The number of aromatic amines is 1. The number of benzene rings is 1. The van der Waals surface area contributed by atoms with Crippen molar-refractivity contribution in [2.24, 2.45) is 5.10 Å². The third-order valence-corrected chi connectivity index (χ3v) is 3.11. The predicted octanol–water partition coefficient (Wildman–Crippen LogP) is 2.27. The number of carbonyl (C=O) groups excluding carboxylic acids is 1. The van der Waals surface area contributed by atoms with Crippen LogP contribution in [0.4, 0.5) is 5.69 Å². The summed E-state index contributed by atoms with van der Waals surface area (Å²) in [6.07, 6.45) is 0. The van der Waals surface area contributed by atoms with Crippen molar-refractivity contribution >= 4 is 17.3 Å². The lowest BCUT2D eigenvalue weighted by molar-refractivity contribution is 0.0950. The Balaban J connectivity index is 2.05. The molecule has 0 fully saturated rings. The summed E-state index contributed by atoms with van der Waals surface area (Å²) >= 11 is 0. The number of amides is 1. The molecule has 0 spiro atoms. The van der Waals surface area contributed by atoms with Crippen molar-refractivity contribution in [3.63, 3.8) is 0 Å². The van der Waals surface area contributed by atoms with E-state index in [2.05, 4.69) is 20.7 Å². The lowest BCUT2D eigenvalue weighted by atomic mass is 10.1. The van der Waals surface area contributed by atoms with E-state index in [9.17, 15) is 4.79 Å². The number of hydrazone groups is 1. The van der Waals surface area contributed by atoms with Crippen LogP contribution in [-0.2, 0) is 0 Å². The number of H-pyrrole nitrogens is 1. The molecule has 0 atom stereocenters. The molecule has 0 aliphatic heterocycles. The Morgan fingerprint density at radius 1 is 1.33 bits per heavy atom. The van der Waals surface area contributed by atoms with Crippen molar-refractivity contribution in [1.29, 1.82) is 0 Å². The summed E-state index contributed by atoms with van der Waals surface area (Å²) in [7, 11) is 0. The standard InChI is InChI=1S/C15H19N5O/c1-9(2)13-8-14(19-18-13)15(21)20-17-10(3)11-4-6-12(16)7-5-11/h4-9H,16H2,1-3H3,(H,18,19)(H,20,21)/b17-10+. The van der Waals surface area contributed by atoms with E-state index in [4.69, 9.17) is 5.73 Å². The third kappa shape index (κ3) is 3.68. The normalized spacial score (nSPS) is 11.7. The van der Waals surface area contributed by atoms with Gasteiger partial charge in [0.1, 0.15) is 0 Å². The molecular weight excluding hydrogens is 266 g/mol. The van der Waals surface area contributed by atoms with Gasteiger partial charge in [0.15, 0.2) is 5.69 Å². The number of nitrogen functional groups attached to an aromatic ring is 1. The Morgan fingerprint density at radius 3 is 2.57 bits per heavy atom. The Labute approximate surface area is 123 Å². The van der Waals surface area contributed by atoms with E-state index >= 15 is 0 Å². The fourth-order valence-corrected chi connectivity index (χ4v) is 1.73. The van der Waals surface area contributed by atoms with Gasteiger partial charge in [0.2, 0.25) is 0 Å². The molecular formula is C15H19N5O. The zero-order valence-corrected chi connectivity index (χ0v) is 12.3. The van der Waals surface area contributed by atoms with Gasteiger partial charge in [-0.05, 0) is 36.6 Å². The molecule has 0 aliphatic rings. The maximum absolute atomic E-state index is 11.9. The fourth-order valence-electron chi connectivity index (χ4n) is 1.73. The molecule has 21 heavy (non-hydrogen) atoms. The number of carbonyl (C=O) groups is 1. The van der Waals surface area contributed by atoms with E-state index in [1.807, 2.05) is 32.9 Å². The van der Waals surface area contributed by atoms with Crippen LogP contribution in [-0.4, -0.2) is 21.8 Å². The van der Waals surface area contributed by atoms with Gasteiger partial charge in [0.25, 0.3) is 5.91 Å². The first-order chi connectivity index (χ1) is 9.97. The highest BCUT2D eigenvalue weighted by molar-refractivity contribution is 6.00. The molecule has 0 bridgehead atoms. The van der Waals surface area contributed by atoms with Gasteiger partial charge in [-0.25, -0.2) is 5.43 Å². The summed E-state index contributed by atoms with van der Waals surface area (Å²) < 4.78 is 0. The van der Waals surface area contributed by atoms with Gasteiger partial charge in [-0.15, -0.1) is 0 Å². The number of nitrogens with one attached hydrogen (secondary N) is 2. The number of nitrogens with two attached hydrogens (primary N) is 1. The van der Waals surface area contributed by atoms with Crippen molar-refractivity contribution in [3.05, 3.63) is 47.3 Å². The minimum atomic E-state index is -0.340. The molecule has 0 unspecified atom stereocenters. The molecule has 1 aromatic carbocycles. The van der Waals surface area contributed by atoms with Crippen molar-refractivity contribution < 1.29 is 4.79 Å². The first-order valence-corrected chi connectivity index (χ1v) is 6.73. The monoisotopic (exact) mass is 285 g/mol. The second-order valence-electron chi connectivity index (χ2n) is 5.12. The quantitative estimate of drug-likeness (QED) is 0.456. The topological polar surface area (TPSA) is 96.2 Å². The smallest absolute Gasteiger partial charge is 0.291 e. The van der Waals surface area contributed by atoms with E-state index in [0.717, 1.165) is 11.3 Å². The molecule has 0 saturated heterocycles. The molecule has 0 saturated carbocycles. The van der Waals surface area contributed by atoms with Gasteiger partial charge >= 0.3 is 0 Å². The highest BCUT2D eigenvalue weighted by Crippen LogP contribution is 2.11. The van der Waals surface area contributed by atoms with Gasteiger partial charge in [-0.1, -0.05) is 26.0 Å². The minimum Gasteiger partial charge on any atom is -0.399 e.